The maximum absolute atomic E-state index is 13.0. The van der Waals surface area contributed by atoms with E-state index >= 15 is 0 Å². The Bertz CT molecular complexity index is 742. The zero-order valence-electron chi connectivity index (χ0n) is 11.4. The Morgan fingerprint density at radius 3 is 2.95 bits per heavy atom. The zero-order chi connectivity index (χ0) is 16.1. The summed E-state index contributed by atoms with van der Waals surface area (Å²) in [6.45, 7) is 1.71. The molecule has 2 rings (SSSR count). The first-order valence-electron chi connectivity index (χ1n) is 6.08. The van der Waals surface area contributed by atoms with E-state index < -0.39 is 22.6 Å². The van der Waals surface area contributed by atoms with Crippen LogP contribution in [0.5, 0.6) is 0 Å². The van der Waals surface area contributed by atoms with Gasteiger partial charge in [-0.05, 0) is 30.0 Å². The molecule has 0 radical (unpaired) electrons. The first kappa shape index (κ1) is 15.2. The van der Waals surface area contributed by atoms with Crippen LogP contribution in [0.4, 0.5) is 10.3 Å². The molecule has 1 amide bonds. The first-order valence-corrected chi connectivity index (χ1v) is 6.08. The van der Waals surface area contributed by atoms with E-state index in [2.05, 4.69) is 20.6 Å². The maximum Gasteiger partial charge on any atom is 0.490 e. The summed E-state index contributed by atoms with van der Waals surface area (Å²) in [7, 11) is 0. The van der Waals surface area contributed by atoms with Crippen molar-refractivity contribution < 1.29 is 14.1 Å². The molecule has 1 aromatic heterocycles. The Balaban J connectivity index is 1.97. The summed E-state index contributed by atoms with van der Waals surface area (Å²) in [5.41, 5.74) is 2.83. The summed E-state index contributed by atoms with van der Waals surface area (Å²) in [4.78, 5) is 25.0. The van der Waals surface area contributed by atoms with Crippen molar-refractivity contribution in [1.29, 1.82) is 0 Å². The third-order valence-corrected chi connectivity index (χ3v) is 2.51. The standard InChI is InChI=1S/C12H11FN6O3/c1-8(6-18-7-14-12(17-18)19(21)22)15-16-11(20)9-3-2-4-10(13)5-9/h2-5,7H,6H2,1H3,(H,16,20)/b15-8-. The summed E-state index contributed by atoms with van der Waals surface area (Å²) in [6, 6.07) is 5.17. The smallest absolute Gasteiger partial charge is 0.390 e. The molecule has 0 spiro atoms. The van der Waals surface area contributed by atoms with Gasteiger partial charge in [0.2, 0.25) is 6.33 Å². The van der Waals surface area contributed by atoms with E-state index in [-0.39, 0.29) is 12.1 Å². The number of aromatic nitrogens is 3. The molecule has 0 saturated heterocycles. The molecule has 1 aromatic carbocycles. The first-order chi connectivity index (χ1) is 10.5. The molecule has 0 atom stereocenters. The van der Waals surface area contributed by atoms with Crippen LogP contribution in [0, 0.1) is 15.9 Å². The van der Waals surface area contributed by atoms with Gasteiger partial charge in [-0.2, -0.15) is 9.78 Å². The van der Waals surface area contributed by atoms with Gasteiger partial charge in [-0.25, -0.2) is 9.82 Å². The Labute approximate surface area is 123 Å². The number of hydrogen-bond acceptors (Lipinski definition) is 6. The van der Waals surface area contributed by atoms with Crippen molar-refractivity contribution in [2.24, 2.45) is 5.10 Å². The lowest BCUT2D eigenvalue weighted by Gasteiger charge is -2.02. The number of nitro groups is 1. The van der Waals surface area contributed by atoms with E-state index in [9.17, 15) is 19.3 Å². The predicted molar refractivity (Wildman–Crippen MR) is 73.7 cm³/mol. The van der Waals surface area contributed by atoms with Crippen LogP contribution >= 0.6 is 0 Å². The van der Waals surface area contributed by atoms with E-state index in [4.69, 9.17) is 0 Å². The molecule has 1 N–H and O–H groups in total. The highest BCUT2D eigenvalue weighted by molar-refractivity contribution is 5.95. The minimum absolute atomic E-state index is 0.115. The van der Waals surface area contributed by atoms with E-state index in [1.54, 1.807) is 6.92 Å². The fraction of sp³-hybridized carbons (Fsp3) is 0.167. The van der Waals surface area contributed by atoms with Gasteiger partial charge < -0.3 is 10.1 Å². The van der Waals surface area contributed by atoms with Gasteiger partial charge in [0, 0.05) is 10.7 Å². The van der Waals surface area contributed by atoms with E-state index in [1.807, 2.05) is 0 Å². The second-order valence-electron chi connectivity index (χ2n) is 4.30. The zero-order valence-corrected chi connectivity index (χ0v) is 11.4. The Morgan fingerprint density at radius 2 is 2.32 bits per heavy atom. The average Bonchev–Trinajstić information content (AvgIpc) is 2.93. The second-order valence-corrected chi connectivity index (χ2v) is 4.30. The molecule has 0 aliphatic carbocycles. The Kier molecular flexibility index (Phi) is 4.51. The minimum atomic E-state index is -0.714. The molecule has 0 aliphatic rings. The van der Waals surface area contributed by atoms with Crippen LogP contribution < -0.4 is 5.43 Å². The van der Waals surface area contributed by atoms with Gasteiger partial charge >= 0.3 is 5.95 Å². The Morgan fingerprint density at radius 1 is 1.55 bits per heavy atom. The lowest BCUT2D eigenvalue weighted by molar-refractivity contribution is -0.394. The van der Waals surface area contributed by atoms with Crippen LogP contribution in [0.1, 0.15) is 17.3 Å². The summed E-state index contributed by atoms with van der Waals surface area (Å²) in [6.07, 6.45) is 1.19. The Hall–Kier alpha value is -3.17. The molecular formula is C12H11FN6O3. The fourth-order valence-electron chi connectivity index (χ4n) is 1.55. The summed E-state index contributed by atoms with van der Waals surface area (Å²) < 4.78 is 14.2. The minimum Gasteiger partial charge on any atom is -0.390 e. The molecule has 9 nitrogen and oxygen atoms in total. The molecule has 22 heavy (non-hydrogen) atoms. The SMILES string of the molecule is C/C(Cn1cnc([N+](=O)[O-])n1)=N/NC(=O)c1cccc(F)c1. The van der Waals surface area contributed by atoms with Crippen LogP contribution in [0.25, 0.3) is 0 Å². The van der Waals surface area contributed by atoms with Gasteiger partial charge in [-0.3, -0.25) is 4.79 Å². The van der Waals surface area contributed by atoms with Crippen molar-refractivity contribution in [2.45, 2.75) is 13.5 Å². The lowest BCUT2D eigenvalue weighted by atomic mass is 10.2. The molecule has 0 aliphatic heterocycles. The highest BCUT2D eigenvalue weighted by Crippen LogP contribution is 2.03. The van der Waals surface area contributed by atoms with Crippen LogP contribution in [-0.4, -0.2) is 31.3 Å². The quantitative estimate of drug-likeness (QED) is 0.505. The molecule has 0 unspecified atom stereocenters. The number of amides is 1. The summed E-state index contributed by atoms with van der Waals surface area (Å²) in [5.74, 6) is -1.61. The van der Waals surface area contributed by atoms with Gasteiger partial charge in [0.05, 0.1) is 12.3 Å². The largest absolute Gasteiger partial charge is 0.490 e. The fourth-order valence-corrected chi connectivity index (χ4v) is 1.55. The molecule has 2 aromatic rings. The third kappa shape index (κ3) is 3.91. The lowest BCUT2D eigenvalue weighted by Crippen LogP contribution is -2.20. The number of benzene rings is 1. The molecule has 0 saturated carbocycles. The topological polar surface area (TPSA) is 115 Å². The monoisotopic (exact) mass is 306 g/mol. The van der Waals surface area contributed by atoms with E-state index in [1.165, 1.54) is 29.2 Å². The average molecular weight is 306 g/mol. The third-order valence-electron chi connectivity index (χ3n) is 2.51. The summed E-state index contributed by atoms with van der Waals surface area (Å²) in [5, 5.41) is 17.9. The molecule has 0 fully saturated rings. The van der Waals surface area contributed by atoms with E-state index in [0.29, 0.717) is 5.71 Å². The van der Waals surface area contributed by atoms with Gasteiger partial charge in [-0.1, -0.05) is 11.1 Å². The number of rotatable bonds is 5. The number of nitrogens with one attached hydrogen (secondary N) is 1. The highest BCUT2D eigenvalue weighted by Gasteiger charge is 2.13. The van der Waals surface area contributed by atoms with Crippen molar-refractivity contribution in [3.63, 3.8) is 0 Å². The number of nitrogens with zero attached hydrogens (tertiary/aromatic N) is 5. The highest BCUT2D eigenvalue weighted by atomic mass is 19.1. The van der Waals surface area contributed by atoms with Crippen LogP contribution in [0.15, 0.2) is 35.7 Å². The van der Waals surface area contributed by atoms with Crippen molar-refractivity contribution in [1.82, 2.24) is 20.2 Å². The molecular weight excluding hydrogens is 295 g/mol. The second kappa shape index (κ2) is 6.52. The number of hydrogen-bond donors (Lipinski definition) is 1. The number of halogens is 1. The van der Waals surface area contributed by atoms with Gasteiger partial charge in [-0.15, -0.1) is 0 Å². The maximum atomic E-state index is 13.0. The number of carbonyl (C=O) groups excluding carboxylic acids is 1. The van der Waals surface area contributed by atoms with Crippen molar-refractivity contribution >= 4 is 17.6 Å². The van der Waals surface area contributed by atoms with Crippen LogP contribution in [-0.2, 0) is 6.54 Å². The molecule has 114 valence electrons. The van der Waals surface area contributed by atoms with Crippen LogP contribution in [0.2, 0.25) is 0 Å². The van der Waals surface area contributed by atoms with Gasteiger partial charge in [0.1, 0.15) is 5.82 Å². The van der Waals surface area contributed by atoms with Gasteiger partial charge in [0.25, 0.3) is 5.91 Å². The normalized spacial score (nSPS) is 11.3. The number of hydrazone groups is 1. The molecule has 1 heterocycles. The predicted octanol–water partition coefficient (Wildman–Crippen LogP) is 1.13. The van der Waals surface area contributed by atoms with Crippen molar-refractivity contribution in [3.05, 3.63) is 52.1 Å². The van der Waals surface area contributed by atoms with Crippen LogP contribution in [0.3, 0.4) is 0 Å². The van der Waals surface area contributed by atoms with Gasteiger partial charge in [0.15, 0.2) is 0 Å². The van der Waals surface area contributed by atoms with Crippen molar-refractivity contribution in [2.75, 3.05) is 0 Å². The van der Waals surface area contributed by atoms with Crippen molar-refractivity contribution in [3.8, 4) is 0 Å². The summed E-state index contributed by atoms with van der Waals surface area (Å²) >= 11 is 0. The molecule has 0 bridgehead atoms. The van der Waals surface area contributed by atoms with E-state index in [0.717, 1.165) is 6.07 Å². The molecule has 10 heteroatoms. The number of carbonyl (C=O) groups is 1.